The molecule has 18 heavy (non-hydrogen) atoms. The number of likely N-dealkylation sites (N-methyl/N-ethyl adjacent to an activating group) is 1. The standard InChI is InChI=1S/C12H25N3O2S/c1-4-14(10-11(2)3)18(16,17)15-8-6-5-7-12(15)9-13/h12H,2,4-10,13H2,1,3H3. The van der Waals surface area contributed by atoms with Crippen LogP contribution in [-0.2, 0) is 10.2 Å². The SMILES string of the molecule is C=C(C)CN(CC)S(=O)(=O)N1CCCCC1CN. The summed E-state index contributed by atoms with van der Waals surface area (Å²) in [5.74, 6) is 0. The van der Waals surface area contributed by atoms with Gasteiger partial charge in [0.2, 0.25) is 0 Å². The van der Waals surface area contributed by atoms with Crippen molar-refractivity contribution in [1.29, 1.82) is 0 Å². The predicted molar refractivity (Wildman–Crippen MR) is 74.4 cm³/mol. The van der Waals surface area contributed by atoms with Crippen molar-refractivity contribution in [3.63, 3.8) is 0 Å². The Kier molecular flexibility index (Phi) is 5.78. The van der Waals surface area contributed by atoms with E-state index < -0.39 is 10.2 Å². The van der Waals surface area contributed by atoms with Gasteiger partial charge in [-0.1, -0.05) is 25.5 Å². The van der Waals surface area contributed by atoms with E-state index in [9.17, 15) is 8.42 Å². The molecule has 0 aromatic heterocycles. The molecule has 106 valence electrons. The zero-order chi connectivity index (χ0) is 13.8. The van der Waals surface area contributed by atoms with Crippen molar-refractivity contribution in [3.8, 4) is 0 Å². The summed E-state index contributed by atoms with van der Waals surface area (Å²) in [5.41, 5.74) is 6.54. The van der Waals surface area contributed by atoms with Crippen molar-refractivity contribution in [1.82, 2.24) is 8.61 Å². The topological polar surface area (TPSA) is 66.6 Å². The second kappa shape index (κ2) is 6.65. The van der Waals surface area contributed by atoms with Crippen LogP contribution in [-0.4, -0.2) is 49.2 Å². The number of hydrogen-bond acceptors (Lipinski definition) is 3. The fourth-order valence-electron chi connectivity index (χ4n) is 2.32. The van der Waals surface area contributed by atoms with Gasteiger partial charge in [0.15, 0.2) is 0 Å². The first-order chi connectivity index (χ1) is 8.43. The van der Waals surface area contributed by atoms with E-state index in [4.69, 9.17) is 5.73 Å². The van der Waals surface area contributed by atoms with Crippen LogP contribution in [0.3, 0.4) is 0 Å². The van der Waals surface area contributed by atoms with Crippen molar-refractivity contribution >= 4 is 10.2 Å². The van der Waals surface area contributed by atoms with Gasteiger partial charge in [-0.2, -0.15) is 17.0 Å². The van der Waals surface area contributed by atoms with Crippen LogP contribution in [0, 0.1) is 0 Å². The van der Waals surface area contributed by atoms with Crippen LogP contribution in [0.4, 0.5) is 0 Å². The van der Waals surface area contributed by atoms with E-state index >= 15 is 0 Å². The maximum Gasteiger partial charge on any atom is 0.282 e. The lowest BCUT2D eigenvalue weighted by molar-refractivity contribution is 0.238. The van der Waals surface area contributed by atoms with Crippen LogP contribution < -0.4 is 5.73 Å². The Morgan fingerprint density at radius 3 is 2.67 bits per heavy atom. The molecule has 1 saturated heterocycles. The molecule has 5 nitrogen and oxygen atoms in total. The molecular weight excluding hydrogens is 250 g/mol. The monoisotopic (exact) mass is 275 g/mol. The quantitative estimate of drug-likeness (QED) is 0.734. The minimum atomic E-state index is -3.40. The highest BCUT2D eigenvalue weighted by atomic mass is 32.2. The van der Waals surface area contributed by atoms with Gasteiger partial charge in [0.25, 0.3) is 10.2 Å². The third-order valence-electron chi connectivity index (χ3n) is 3.27. The van der Waals surface area contributed by atoms with Gasteiger partial charge in [0.05, 0.1) is 0 Å². The van der Waals surface area contributed by atoms with Gasteiger partial charge >= 0.3 is 0 Å². The second-order valence-corrected chi connectivity index (χ2v) is 6.77. The molecule has 6 heteroatoms. The summed E-state index contributed by atoms with van der Waals surface area (Å²) in [7, 11) is -3.40. The molecular formula is C12H25N3O2S. The van der Waals surface area contributed by atoms with E-state index in [0.717, 1.165) is 24.8 Å². The molecule has 1 heterocycles. The minimum Gasteiger partial charge on any atom is -0.329 e. The van der Waals surface area contributed by atoms with Crippen molar-refractivity contribution in [3.05, 3.63) is 12.2 Å². The van der Waals surface area contributed by atoms with E-state index in [-0.39, 0.29) is 6.04 Å². The third kappa shape index (κ3) is 3.54. The molecule has 0 spiro atoms. The molecule has 1 rings (SSSR count). The van der Waals surface area contributed by atoms with Crippen LogP contribution in [0.5, 0.6) is 0 Å². The number of nitrogens with zero attached hydrogens (tertiary/aromatic N) is 2. The van der Waals surface area contributed by atoms with Gasteiger partial charge in [-0.25, -0.2) is 0 Å². The third-order valence-corrected chi connectivity index (χ3v) is 5.38. The molecule has 0 bridgehead atoms. The first kappa shape index (κ1) is 15.6. The Morgan fingerprint density at radius 1 is 1.50 bits per heavy atom. The smallest absolute Gasteiger partial charge is 0.282 e. The highest BCUT2D eigenvalue weighted by Crippen LogP contribution is 2.22. The molecule has 2 N–H and O–H groups in total. The first-order valence-electron chi connectivity index (χ1n) is 6.54. The van der Waals surface area contributed by atoms with Gasteiger partial charge in [0, 0.05) is 32.2 Å². The van der Waals surface area contributed by atoms with Crippen molar-refractivity contribution < 1.29 is 8.42 Å². The Morgan fingerprint density at radius 2 is 2.17 bits per heavy atom. The molecule has 1 fully saturated rings. The molecule has 1 aliphatic heterocycles. The molecule has 0 amide bonds. The van der Waals surface area contributed by atoms with Gasteiger partial charge in [-0.15, -0.1) is 0 Å². The van der Waals surface area contributed by atoms with Crippen LogP contribution in [0.1, 0.15) is 33.1 Å². The Labute approximate surface area is 111 Å². The van der Waals surface area contributed by atoms with Gasteiger partial charge < -0.3 is 5.73 Å². The summed E-state index contributed by atoms with van der Waals surface area (Å²) in [6.45, 7) is 9.30. The minimum absolute atomic E-state index is 0.0529. The van der Waals surface area contributed by atoms with Crippen LogP contribution in [0.15, 0.2) is 12.2 Å². The molecule has 0 aromatic rings. The fourth-order valence-corrected chi connectivity index (χ4v) is 4.25. The largest absolute Gasteiger partial charge is 0.329 e. The Hall–Kier alpha value is -0.430. The summed E-state index contributed by atoms with van der Waals surface area (Å²) >= 11 is 0. The average Bonchev–Trinajstić information content (AvgIpc) is 2.35. The summed E-state index contributed by atoms with van der Waals surface area (Å²) in [5, 5.41) is 0. The van der Waals surface area contributed by atoms with Gasteiger partial charge in [-0.3, -0.25) is 0 Å². The Bertz CT molecular complexity index is 381. The molecule has 0 saturated carbocycles. The normalized spacial score (nSPS) is 22.3. The zero-order valence-electron chi connectivity index (χ0n) is 11.4. The maximum atomic E-state index is 12.6. The van der Waals surface area contributed by atoms with E-state index in [1.165, 1.54) is 4.31 Å². The molecule has 0 radical (unpaired) electrons. The average molecular weight is 275 g/mol. The Balaban J connectivity index is 2.91. The summed E-state index contributed by atoms with van der Waals surface area (Å²) < 4.78 is 28.2. The maximum absolute atomic E-state index is 12.6. The molecule has 1 unspecified atom stereocenters. The van der Waals surface area contributed by atoms with Crippen molar-refractivity contribution in [2.45, 2.75) is 39.2 Å². The lowest BCUT2D eigenvalue weighted by Gasteiger charge is -2.37. The second-order valence-electron chi connectivity index (χ2n) is 4.89. The highest BCUT2D eigenvalue weighted by Gasteiger charge is 2.35. The summed E-state index contributed by atoms with van der Waals surface area (Å²) in [6.07, 6.45) is 2.83. The van der Waals surface area contributed by atoms with Crippen LogP contribution in [0.25, 0.3) is 0 Å². The number of rotatable bonds is 6. The van der Waals surface area contributed by atoms with Gasteiger partial charge in [-0.05, 0) is 19.8 Å². The van der Waals surface area contributed by atoms with Crippen LogP contribution >= 0.6 is 0 Å². The number of piperidine rings is 1. The van der Waals surface area contributed by atoms with E-state index in [1.807, 2.05) is 13.8 Å². The lowest BCUT2D eigenvalue weighted by Crippen LogP contribution is -2.53. The predicted octanol–water partition coefficient (Wildman–Crippen LogP) is 0.942. The van der Waals surface area contributed by atoms with Crippen molar-refractivity contribution in [2.24, 2.45) is 5.73 Å². The molecule has 1 atom stereocenters. The highest BCUT2D eigenvalue weighted by molar-refractivity contribution is 7.86. The first-order valence-corrected chi connectivity index (χ1v) is 7.94. The van der Waals surface area contributed by atoms with Gasteiger partial charge in [0.1, 0.15) is 0 Å². The van der Waals surface area contributed by atoms with E-state index in [2.05, 4.69) is 6.58 Å². The van der Waals surface area contributed by atoms with Crippen LogP contribution in [0.2, 0.25) is 0 Å². The lowest BCUT2D eigenvalue weighted by atomic mass is 10.1. The molecule has 0 aliphatic carbocycles. The molecule has 0 aromatic carbocycles. The summed E-state index contributed by atoms with van der Waals surface area (Å²) in [6, 6.07) is -0.0529. The van der Waals surface area contributed by atoms with E-state index in [0.29, 0.717) is 26.2 Å². The fraction of sp³-hybridized carbons (Fsp3) is 0.833. The molecule has 1 aliphatic rings. The number of nitrogens with two attached hydrogens (primary N) is 1. The zero-order valence-corrected chi connectivity index (χ0v) is 12.2. The number of hydrogen-bond donors (Lipinski definition) is 1. The van der Waals surface area contributed by atoms with Crippen molar-refractivity contribution in [2.75, 3.05) is 26.2 Å². The summed E-state index contributed by atoms with van der Waals surface area (Å²) in [4.78, 5) is 0. The van der Waals surface area contributed by atoms with E-state index in [1.54, 1.807) is 4.31 Å².